The van der Waals surface area contributed by atoms with Crippen LogP contribution in [0.4, 0.5) is 11.4 Å². The lowest BCUT2D eigenvalue weighted by Gasteiger charge is -2.08. The summed E-state index contributed by atoms with van der Waals surface area (Å²) in [5.41, 5.74) is 11.2. The first-order valence-electron chi connectivity index (χ1n) is 6.72. The molecule has 3 rings (SSSR count). The van der Waals surface area contributed by atoms with Gasteiger partial charge in [-0.25, -0.2) is 0 Å². The fourth-order valence-electron chi connectivity index (χ4n) is 2.37. The number of amides is 1. The van der Waals surface area contributed by atoms with Crippen LogP contribution in [0.1, 0.15) is 18.2 Å². The number of nitrogens with two attached hydrogens (primary N) is 1. The van der Waals surface area contributed by atoms with Gasteiger partial charge in [-0.15, -0.1) is 0 Å². The van der Waals surface area contributed by atoms with E-state index in [2.05, 4.69) is 15.3 Å². The number of H-pyrrole nitrogens is 1. The van der Waals surface area contributed by atoms with Crippen LogP contribution in [-0.4, -0.2) is 23.7 Å². The van der Waals surface area contributed by atoms with Crippen molar-refractivity contribution in [3.05, 3.63) is 47.8 Å². The lowest BCUT2D eigenvalue weighted by molar-refractivity contribution is -0.114. The van der Waals surface area contributed by atoms with Gasteiger partial charge < -0.3 is 16.0 Å². The third-order valence-electron chi connectivity index (χ3n) is 3.49. The molecule has 1 aromatic carbocycles. The summed E-state index contributed by atoms with van der Waals surface area (Å²) in [7, 11) is 0. The minimum Gasteiger partial charge on any atom is -0.361 e. The normalized spacial score (nSPS) is 15.0. The van der Waals surface area contributed by atoms with Crippen LogP contribution in [0.15, 0.2) is 41.5 Å². The Balaban J connectivity index is 2.01. The number of rotatable bonds is 3. The first-order valence-corrected chi connectivity index (χ1v) is 6.72. The molecule has 1 aromatic heterocycles. The van der Waals surface area contributed by atoms with Crippen LogP contribution < -0.4 is 11.1 Å². The molecule has 4 N–H and O–H groups in total. The van der Waals surface area contributed by atoms with Gasteiger partial charge in [0.15, 0.2) is 0 Å². The third-order valence-corrected chi connectivity index (χ3v) is 3.49. The van der Waals surface area contributed by atoms with Gasteiger partial charge in [0, 0.05) is 34.9 Å². The Morgan fingerprint density at radius 3 is 2.95 bits per heavy atom. The molecule has 0 saturated carbocycles. The van der Waals surface area contributed by atoms with Crippen molar-refractivity contribution in [1.82, 2.24) is 4.98 Å². The number of carbonyl (C=O) groups excluding carboxylic acids is 1. The highest BCUT2D eigenvalue weighted by molar-refractivity contribution is 6.24. The molecule has 0 atom stereocenters. The van der Waals surface area contributed by atoms with E-state index in [-0.39, 0.29) is 12.5 Å². The molecule has 0 fully saturated rings. The second kappa shape index (κ2) is 5.38. The van der Waals surface area contributed by atoms with Crippen LogP contribution >= 0.6 is 0 Å². The van der Waals surface area contributed by atoms with Crippen LogP contribution in [0.5, 0.6) is 0 Å². The van der Waals surface area contributed by atoms with E-state index in [0.29, 0.717) is 0 Å². The Bertz CT molecular complexity index is 742. The van der Waals surface area contributed by atoms with Crippen molar-refractivity contribution in [1.29, 1.82) is 0 Å². The molecule has 106 valence electrons. The predicted molar refractivity (Wildman–Crippen MR) is 85.6 cm³/mol. The fraction of sp³-hybridized carbons (Fsp3) is 0.125. The fourth-order valence-corrected chi connectivity index (χ4v) is 2.37. The number of aromatic amines is 1. The zero-order valence-electron chi connectivity index (χ0n) is 11.7. The smallest absolute Gasteiger partial charge is 0.238 e. The highest BCUT2D eigenvalue weighted by Crippen LogP contribution is 2.37. The summed E-state index contributed by atoms with van der Waals surface area (Å²) in [6.45, 7) is 2.02. The van der Waals surface area contributed by atoms with E-state index in [0.717, 1.165) is 33.8 Å². The molecular formula is C16H16N4O. The lowest BCUT2D eigenvalue weighted by atomic mass is 10.00. The van der Waals surface area contributed by atoms with Crippen molar-refractivity contribution >= 4 is 34.6 Å². The molecule has 2 heterocycles. The topological polar surface area (TPSA) is 83.3 Å². The summed E-state index contributed by atoms with van der Waals surface area (Å²) in [6.07, 6.45) is 3.75. The molecule has 5 nitrogen and oxygen atoms in total. The molecule has 0 spiro atoms. The number of anilines is 1. The molecule has 1 aliphatic rings. The molecule has 0 unspecified atom stereocenters. The largest absolute Gasteiger partial charge is 0.361 e. The van der Waals surface area contributed by atoms with Crippen LogP contribution in [0.2, 0.25) is 0 Å². The number of fused-ring (bicyclic) bond motifs is 1. The molecular weight excluding hydrogens is 264 g/mol. The van der Waals surface area contributed by atoms with Crippen LogP contribution in [0, 0.1) is 0 Å². The van der Waals surface area contributed by atoms with Gasteiger partial charge in [0.05, 0.1) is 12.2 Å². The van der Waals surface area contributed by atoms with E-state index in [9.17, 15) is 4.79 Å². The van der Waals surface area contributed by atoms with Crippen molar-refractivity contribution in [2.45, 2.75) is 6.92 Å². The van der Waals surface area contributed by atoms with E-state index >= 15 is 0 Å². The number of benzene rings is 1. The predicted octanol–water partition coefficient (Wildman–Crippen LogP) is 2.56. The van der Waals surface area contributed by atoms with Crippen LogP contribution in [0.25, 0.3) is 11.1 Å². The highest BCUT2D eigenvalue weighted by Gasteiger charge is 2.16. The number of aromatic nitrogens is 1. The van der Waals surface area contributed by atoms with Gasteiger partial charge in [-0.2, -0.15) is 0 Å². The summed E-state index contributed by atoms with van der Waals surface area (Å²) >= 11 is 0. The highest BCUT2D eigenvalue weighted by atomic mass is 16.1. The van der Waals surface area contributed by atoms with Gasteiger partial charge in [0.2, 0.25) is 5.91 Å². The lowest BCUT2D eigenvalue weighted by Crippen LogP contribution is -2.21. The first kappa shape index (κ1) is 13.3. The van der Waals surface area contributed by atoms with E-state index < -0.39 is 0 Å². The Hall–Kier alpha value is -2.66. The average molecular weight is 280 g/mol. The van der Waals surface area contributed by atoms with E-state index in [1.807, 2.05) is 49.7 Å². The third kappa shape index (κ3) is 2.51. The van der Waals surface area contributed by atoms with E-state index in [4.69, 9.17) is 5.73 Å². The average Bonchev–Trinajstić information content (AvgIpc) is 3.15. The molecule has 0 radical (unpaired) electrons. The number of carbonyl (C=O) groups is 1. The maximum Gasteiger partial charge on any atom is 0.238 e. The van der Waals surface area contributed by atoms with Crippen LogP contribution in [-0.2, 0) is 4.79 Å². The van der Waals surface area contributed by atoms with Gasteiger partial charge in [-0.1, -0.05) is 0 Å². The van der Waals surface area contributed by atoms with Gasteiger partial charge in [-0.05, 0) is 42.8 Å². The summed E-state index contributed by atoms with van der Waals surface area (Å²) in [6, 6.07) is 9.64. The standard InChI is InChI=1S/C16H16N4O/c1-10(14-3-2-6-18-14)13-9-19-15-5-4-11(7-12(13)15)20-16(21)8-17/h2-7,9,18H,8,17H2,1H3,(H,20,21). The number of hydrogen-bond donors (Lipinski definition) is 3. The summed E-state index contributed by atoms with van der Waals surface area (Å²) in [5.74, 6) is -0.208. The van der Waals surface area contributed by atoms with Gasteiger partial charge in [0.1, 0.15) is 0 Å². The first-order chi connectivity index (χ1) is 10.2. The SMILES string of the molecule is CC(=C1C=Nc2ccc(NC(=O)CN)cc21)c1ccc[nH]1. The van der Waals surface area contributed by atoms with Crippen LogP contribution in [0.3, 0.4) is 0 Å². The number of nitrogens with zero attached hydrogens (tertiary/aromatic N) is 1. The maximum atomic E-state index is 11.4. The molecule has 1 amide bonds. The maximum absolute atomic E-state index is 11.4. The minimum absolute atomic E-state index is 0.0300. The number of nitrogens with one attached hydrogen (secondary N) is 2. The van der Waals surface area contributed by atoms with E-state index in [1.165, 1.54) is 0 Å². The second-order valence-corrected chi connectivity index (χ2v) is 4.86. The van der Waals surface area contributed by atoms with Gasteiger partial charge in [-0.3, -0.25) is 9.79 Å². The molecule has 0 saturated heterocycles. The Morgan fingerprint density at radius 2 is 2.24 bits per heavy atom. The minimum atomic E-state index is -0.208. The molecule has 0 bridgehead atoms. The van der Waals surface area contributed by atoms with Gasteiger partial charge in [0.25, 0.3) is 0 Å². The Morgan fingerprint density at radius 1 is 1.38 bits per heavy atom. The van der Waals surface area contributed by atoms with Crippen molar-refractivity contribution in [2.24, 2.45) is 10.7 Å². The number of aliphatic imine (C=N–C) groups is 1. The monoisotopic (exact) mass is 280 g/mol. The molecule has 5 heteroatoms. The Labute approximate surface area is 122 Å². The molecule has 1 aliphatic heterocycles. The molecule has 2 aromatic rings. The van der Waals surface area contributed by atoms with Crippen molar-refractivity contribution in [2.75, 3.05) is 11.9 Å². The zero-order valence-corrected chi connectivity index (χ0v) is 11.7. The Kier molecular flexibility index (Phi) is 3.41. The zero-order chi connectivity index (χ0) is 14.8. The summed E-state index contributed by atoms with van der Waals surface area (Å²) in [5, 5.41) is 2.77. The second-order valence-electron chi connectivity index (χ2n) is 4.86. The van der Waals surface area contributed by atoms with E-state index in [1.54, 1.807) is 0 Å². The number of hydrogen-bond acceptors (Lipinski definition) is 3. The summed E-state index contributed by atoms with van der Waals surface area (Å²) in [4.78, 5) is 19.0. The number of allylic oxidation sites excluding steroid dienone is 2. The van der Waals surface area contributed by atoms with Gasteiger partial charge >= 0.3 is 0 Å². The van der Waals surface area contributed by atoms with Crippen molar-refractivity contribution in [3.63, 3.8) is 0 Å². The molecule has 0 aliphatic carbocycles. The summed E-state index contributed by atoms with van der Waals surface area (Å²) < 4.78 is 0. The van der Waals surface area contributed by atoms with Crippen molar-refractivity contribution < 1.29 is 4.79 Å². The molecule has 21 heavy (non-hydrogen) atoms. The van der Waals surface area contributed by atoms with Crippen molar-refractivity contribution in [3.8, 4) is 0 Å². The quantitative estimate of drug-likeness (QED) is 0.807.